The first kappa shape index (κ1) is 18.5. The maximum atomic E-state index is 13.6. The maximum Gasteiger partial charge on any atom is 0.243 e. The number of benzene rings is 1. The minimum absolute atomic E-state index is 0.183. The molecule has 1 aliphatic carbocycles. The van der Waals surface area contributed by atoms with E-state index in [1.807, 2.05) is 0 Å². The lowest BCUT2D eigenvalue weighted by Crippen LogP contribution is -2.49. The van der Waals surface area contributed by atoms with Gasteiger partial charge in [0, 0.05) is 31.5 Å². The van der Waals surface area contributed by atoms with Crippen LogP contribution < -0.4 is 0 Å². The van der Waals surface area contributed by atoms with E-state index in [-0.39, 0.29) is 11.4 Å². The van der Waals surface area contributed by atoms with Crippen LogP contribution >= 0.6 is 0 Å². The van der Waals surface area contributed by atoms with Crippen molar-refractivity contribution >= 4 is 10.0 Å². The molecule has 1 aromatic carbocycles. The third-order valence-corrected chi connectivity index (χ3v) is 7.22. The van der Waals surface area contributed by atoms with Crippen LogP contribution in [0.3, 0.4) is 0 Å². The van der Waals surface area contributed by atoms with Crippen molar-refractivity contribution in [3.63, 3.8) is 0 Å². The Bertz CT molecular complexity index is 938. The molecular formula is C18H21F2N3O3S. The van der Waals surface area contributed by atoms with Crippen molar-refractivity contribution in [3.8, 4) is 0 Å². The maximum absolute atomic E-state index is 13.6. The molecule has 2 aliphatic rings. The van der Waals surface area contributed by atoms with Crippen LogP contribution in [0, 0.1) is 24.5 Å². The number of sulfonamides is 1. The zero-order valence-corrected chi connectivity index (χ0v) is 15.8. The highest BCUT2D eigenvalue weighted by molar-refractivity contribution is 7.89. The number of piperidine rings is 1. The van der Waals surface area contributed by atoms with Crippen molar-refractivity contribution in [2.24, 2.45) is 5.92 Å². The largest absolute Gasteiger partial charge is 0.340 e. The van der Waals surface area contributed by atoms with Crippen molar-refractivity contribution in [2.75, 3.05) is 13.1 Å². The Morgan fingerprint density at radius 1 is 1.26 bits per heavy atom. The summed E-state index contributed by atoms with van der Waals surface area (Å²) >= 11 is 0. The molecule has 0 radical (unpaired) electrons. The number of rotatable bonds is 5. The first-order valence-corrected chi connectivity index (χ1v) is 10.5. The van der Waals surface area contributed by atoms with E-state index in [1.165, 1.54) is 4.31 Å². The Morgan fingerprint density at radius 3 is 2.56 bits per heavy atom. The van der Waals surface area contributed by atoms with Crippen LogP contribution in [-0.2, 0) is 15.4 Å². The summed E-state index contributed by atoms with van der Waals surface area (Å²) in [7, 11) is -4.03. The van der Waals surface area contributed by atoms with Gasteiger partial charge in [-0.1, -0.05) is 18.0 Å². The van der Waals surface area contributed by atoms with Crippen molar-refractivity contribution in [2.45, 2.75) is 49.3 Å². The molecule has 0 N–H and O–H groups in total. The molecule has 1 atom stereocenters. The van der Waals surface area contributed by atoms with Crippen LogP contribution in [0.5, 0.6) is 0 Å². The molecule has 2 aromatic rings. The van der Waals surface area contributed by atoms with Crippen molar-refractivity contribution < 1.29 is 21.7 Å². The van der Waals surface area contributed by atoms with Gasteiger partial charge in [0.05, 0.1) is 4.90 Å². The third-order valence-electron chi connectivity index (χ3n) is 5.39. The molecule has 1 saturated carbocycles. The molecule has 1 saturated heterocycles. The number of aryl methyl sites for hydroxylation is 1. The lowest BCUT2D eigenvalue weighted by atomic mass is 9.75. The van der Waals surface area contributed by atoms with E-state index >= 15 is 0 Å². The molecule has 1 aromatic heterocycles. The fourth-order valence-electron chi connectivity index (χ4n) is 3.95. The van der Waals surface area contributed by atoms with Gasteiger partial charge in [0.1, 0.15) is 11.6 Å². The third kappa shape index (κ3) is 3.62. The van der Waals surface area contributed by atoms with Gasteiger partial charge in [-0.2, -0.15) is 9.29 Å². The minimum atomic E-state index is -4.03. The van der Waals surface area contributed by atoms with E-state index in [4.69, 9.17) is 4.52 Å². The fourth-order valence-corrected chi connectivity index (χ4v) is 5.56. The summed E-state index contributed by atoms with van der Waals surface area (Å²) < 4.78 is 59.7. The van der Waals surface area contributed by atoms with Gasteiger partial charge in [-0.3, -0.25) is 0 Å². The highest BCUT2D eigenvalue weighted by Crippen LogP contribution is 2.46. The number of halogens is 2. The van der Waals surface area contributed by atoms with E-state index in [1.54, 1.807) is 6.92 Å². The smallest absolute Gasteiger partial charge is 0.243 e. The van der Waals surface area contributed by atoms with Gasteiger partial charge in [0.2, 0.25) is 15.9 Å². The fraction of sp³-hybridized carbons (Fsp3) is 0.556. The normalized spacial score (nSPS) is 24.3. The zero-order chi connectivity index (χ0) is 19.2. The van der Waals surface area contributed by atoms with E-state index in [0.29, 0.717) is 36.7 Å². The van der Waals surface area contributed by atoms with Gasteiger partial charge in [-0.25, -0.2) is 17.2 Å². The molecule has 0 amide bonds. The Hall–Kier alpha value is -1.87. The van der Waals surface area contributed by atoms with Crippen molar-refractivity contribution in [1.29, 1.82) is 0 Å². The van der Waals surface area contributed by atoms with Gasteiger partial charge in [-0.15, -0.1) is 0 Å². The summed E-state index contributed by atoms with van der Waals surface area (Å²) in [6, 6.07) is 2.37. The molecule has 0 unspecified atom stereocenters. The van der Waals surface area contributed by atoms with Gasteiger partial charge in [0.15, 0.2) is 5.82 Å². The number of hydrogen-bond acceptors (Lipinski definition) is 5. The average molecular weight is 397 g/mol. The van der Waals surface area contributed by atoms with Crippen LogP contribution in [-0.4, -0.2) is 36.0 Å². The second-order valence-corrected chi connectivity index (χ2v) is 9.55. The minimum Gasteiger partial charge on any atom is -0.340 e. The molecule has 0 spiro atoms. The lowest BCUT2D eigenvalue weighted by Gasteiger charge is -2.40. The highest BCUT2D eigenvalue weighted by Gasteiger charge is 2.47. The molecule has 2 heterocycles. The van der Waals surface area contributed by atoms with Crippen LogP contribution in [0.2, 0.25) is 0 Å². The summed E-state index contributed by atoms with van der Waals surface area (Å²) in [5.74, 6) is -0.338. The number of aromatic nitrogens is 2. The van der Waals surface area contributed by atoms with Crippen LogP contribution in [0.4, 0.5) is 8.78 Å². The molecule has 27 heavy (non-hydrogen) atoms. The Kier molecular flexibility index (Phi) is 4.54. The van der Waals surface area contributed by atoms with Gasteiger partial charge in [-0.05, 0) is 37.3 Å². The Labute approximate surface area is 156 Å². The van der Waals surface area contributed by atoms with Gasteiger partial charge >= 0.3 is 0 Å². The predicted octanol–water partition coefficient (Wildman–Crippen LogP) is 3.18. The quantitative estimate of drug-likeness (QED) is 0.775. The van der Waals surface area contributed by atoms with E-state index in [0.717, 1.165) is 37.8 Å². The first-order valence-electron chi connectivity index (χ1n) is 9.06. The molecule has 9 heteroatoms. The first-order chi connectivity index (χ1) is 12.8. The SMILES string of the molecule is Cc1nc([C@@]2(CC3CC3)CCCN(S(=O)(=O)c3cc(F)cc(F)c3)C2)no1. The van der Waals surface area contributed by atoms with Crippen molar-refractivity contribution in [1.82, 2.24) is 14.4 Å². The summed E-state index contributed by atoms with van der Waals surface area (Å²) in [6.45, 7) is 2.18. The molecule has 2 fully saturated rings. The highest BCUT2D eigenvalue weighted by atomic mass is 32.2. The summed E-state index contributed by atoms with van der Waals surface area (Å²) in [5.41, 5.74) is -0.532. The van der Waals surface area contributed by atoms with E-state index in [2.05, 4.69) is 10.1 Å². The molecular weight excluding hydrogens is 376 g/mol. The Balaban J connectivity index is 1.69. The molecule has 146 valence electrons. The molecule has 6 nitrogen and oxygen atoms in total. The molecule has 0 bridgehead atoms. The van der Waals surface area contributed by atoms with Crippen molar-refractivity contribution in [3.05, 3.63) is 41.5 Å². The second-order valence-electron chi connectivity index (χ2n) is 7.61. The Morgan fingerprint density at radius 2 is 1.96 bits per heavy atom. The molecule has 1 aliphatic heterocycles. The number of hydrogen-bond donors (Lipinski definition) is 0. The predicted molar refractivity (Wildman–Crippen MR) is 92.4 cm³/mol. The van der Waals surface area contributed by atoms with Gasteiger partial charge < -0.3 is 4.52 Å². The summed E-state index contributed by atoms with van der Waals surface area (Å²) in [6.07, 6.45) is 4.39. The second kappa shape index (κ2) is 6.63. The monoisotopic (exact) mass is 397 g/mol. The van der Waals surface area contributed by atoms with E-state index < -0.39 is 27.1 Å². The standard InChI is InChI=1S/C18H21F2N3O3S/c1-12-21-17(22-26-12)18(10-13-3-4-13)5-2-6-23(11-18)27(24,25)16-8-14(19)7-15(20)9-16/h7-9,13H,2-6,10-11H2,1H3/t18-/m1/s1. The topological polar surface area (TPSA) is 76.3 Å². The molecule has 4 rings (SSSR count). The van der Waals surface area contributed by atoms with Crippen LogP contribution in [0.1, 0.15) is 43.8 Å². The van der Waals surface area contributed by atoms with Crippen LogP contribution in [0.25, 0.3) is 0 Å². The van der Waals surface area contributed by atoms with Crippen LogP contribution in [0.15, 0.2) is 27.6 Å². The summed E-state index contributed by atoms with van der Waals surface area (Å²) in [5, 5.41) is 4.08. The number of nitrogens with zero attached hydrogens (tertiary/aromatic N) is 3. The summed E-state index contributed by atoms with van der Waals surface area (Å²) in [4.78, 5) is 4.02. The van der Waals surface area contributed by atoms with E-state index in [9.17, 15) is 17.2 Å². The average Bonchev–Trinajstić information content (AvgIpc) is 3.30. The lowest BCUT2D eigenvalue weighted by molar-refractivity contribution is 0.190. The zero-order valence-electron chi connectivity index (χ0n) is 15.0. The van der Waals surface area contributed by atoms with Gasteiger partial charge in [0.25, 0.3) is 0 Å².